The lowest BCUT2D eigenvalue weighted by molar-refractivity contribution is -0.112. The molecule has 0 saturated heterocycles. The zero-order valence-corrected chi connectivity index (χ0v) is 14.0. The predicted octanol–water partition coefficient (Wildman–Crippen LogP) is 3.52. The molecule has 24 heavy (non-hydrogen) atoms. The topological polar surface area (TPSA) is 68.2 Å². The van der Waals surface area contributed by atoms with E-state index in [1.54, 1.807) is 12.1 Å². The molecule has 0 atom stereocenters. The minimum absolute atomic E-state index is 0.00540. The molecule has 0 saturated carbocycles. The van der Waals surface area contributed by atoms with E-state index in [1.165, 1.54) is 6.20 Å². The maximum atomic E-state index is 12.2. The van der Waals surface area contributed by atoms with Crippen LogP contribution in [0.1, 0.15) is 5.56 Å². The molecule has 0 aromatic heterocycles. The van der Waals surface area contributed by atoms with Gasteiger partial charge in [0, 0.05) is 37.4 Å². The monoisotopic (exact) mass is 320 g/mol. The quantitative estimate of drug-likeness (QED) is 0.653. The summed E-state index contributed by atoms with van der Waals surface area (Å²) in [5, 5.41) is 14.9. The van der Waals surface area contributed by atoms with Crippen LogP contribution < -0.4 is 15.5 Å². The summed E-state index contributed by atoms with van der Waals surface area (Å²) in [6.45, 7) is 1.97. The average molecular weight is 320 g/mol. The fourth-order valence-corrected chi connectivity index (χ4v) is 2.01. The molecule has 2 N–H and O–H groups in total. The van der Waals surface area contributed by atoms with E-state index in [2.05, 4.69) is 10.6 Å². The van der Waals surface area contributed by atoms with Crippen molar-refractivity contribution >= 4 is 23.0 Å². The lowest BCUT2D eigenvalue weighted by atomic mass is 10.2. The fourth-order valence-electron chi connectivity index (χ4n) is 2.01. The number of anilines is 3. The standard InChI is InChI=1S/C19H20N4O/c1-14-7-9-16(10-8-14)22-19(24)15(12-20)13-21-17-5-4-6-18(11-17)23(2)3/h4-11,13,21H,1-3H3,(H,22,24)/b15-13-. The number of benzene rings is 2. The van der Waals surface area contributed by atoms with E-state index < -0.39 is 5.91 Å². The summed E-state index contributed by atoms with van der Waals surface area (Å²) >= 11 is 0. The molecule has 5 heteroatoms. The molecule has 0 aliphatic rings. The van der Waals surface area contributed by atoms with Crippen LogP contribution in [0.15, 0.2) is 60.3 Å². The van der Waals surface area contributed by atoms with Crippen LogP contribution in [0, 0.1) is 18.3 Å². The van der Waals surface area contributed by atoms with Gasteiger partial charge >= 0.3 is 0 Å². The summed E-state index contributed by atoms with van der Waals surface area (Å²) in [6.07, 6.45) is 1.41. The minimum Gasteiger partial charge on any atom is -0.378 e. The van der Waals surface area contributed by atoms with Gasteiger partial charge < -0.3 is 15.5 Å². The maximum Gasteiger partial charge on any atom is 0.267 e. The van der Waals surface area contributed by atoms with Crippen LogP contribution in [-0.4, -0.2) is 20.0 Å². The SMILES string of the molecule is Cc1ccc(NC(=O)/C(C#N)=C\Nc2cccc(N(C)C)c2)cc1. The summed E-state index contributed by atoms with van der Waals surface area (Å²) in [7, 11) is 3.90. The average Bonchev–Trinajstić information content (AvgIpc) is 2.57. The fraction of sp³-hybridized carbons (Fsp3) is 0.158. The summed E-state index contributed by atoms with van der Waals surface area (Å²) in [4.78, 5) is 14.2. The van der Waals surface area contributed by atoms with Crippen molar-refractivity contribution in [2.45, 2.75) is 6.92 Å². The Morgan fingerprint density at radius 3 is 2.46 bits per heavy atom. The van der Waals surface area contributed by atoms with Crippen LogP contribution in [-0.2, 0) is 4.79 Å². The number of hydrogen-bond donors (Lipinski definition) is 2. The summed E-state index contributed by atoms with van der Waals surface area (Å²) < 4.78 is 0. The van der Waals surface area contributed by atoms with E-state index in [0.717, 1.165) is 16.9 Å². The molecule has 2 aromatic rings. The van der Waals surface area contributed by atoms with Crippen molar-refractivity contribution in [3.8, 4) is 6.07 Å². The highest BCUT2D eigenvalue weighted by atomic mass is 16.1. The van der Waals surface area contributed by atoms with E-state index in [-0.39, 0.29) is 5.57 Å². The van der Waals surface area contributed by atoms with Crippen molar-refractivity contribution in [3.05, 3.63) is 65.9 Å². The number of aryl methyl sites for hydroxylation is 1. The van der Waals surface area contributed by atoms with Gasteiger partial charge in [0.05, 0.1) is 0 Å². The van der Waals surface area contributed by atoms with Gasteiger partial charge in [0.25, 0.3) is 5.91 Å². The molecular formula is C19H20N4O. The number of hydrogen-bond acceptors (Lipinski definition) is 4. The number of amides is 1. The molecule has 1 amide bonds. The van der Waals surface area contributed by atoms with Crippen molar-refractivity contribution in [2.24, 2.45) is 0 Å². The van der Waals surface area contributed by atoms with Crippen LogP contribution in [0.2, 0.25) is 0 Å². The third kappa shape index (κ3) is 4.62. The van der Waals surface area contributed by atoms with Gasteiger partial charge in [-0.25, -0.2) is 0 Å². The Morgan fingerprint density at radius 2 is 1.83 bits per heavy atom. The van der Waals surface area contributed by atoms with Gasteiger partial charge in [0.2, 0.25) is 0 Å². The Balaban J connectivity index is 2.08. The lowest BCUT2D eigenvalue weighted by Gasteiger charge is -2.13. The van der Waals surface area contributed by atoms with Gasteiger partial charge in [0.15, 0.2) is 0 Å². The molecule has 0 aliphatic carbocycles. The first-order valence-corrected chi connectivity index (χ1v) is 7.52. The Hall–Kier alpha value is -3.26. The summed E-state index contributed by atoms with van der Waals surface area (Å²) in [6, 6.07) is 17.0. The number of nitrogens with one attached hydrogen (secondary N) is 2. The zero-order valence-electron chi connectivity index (χ0n) is 14.0. The first-order chi connectivity index (χ1) is 11.5. The van der Waals surface area contributed by atoms with Gasteiger partial charge in [-0.05, 0) is 37.3 Å². The third-order valence-corrected chi connectivity index (χ3v) is 3.42. The van der Waals surface area contributed by atoms with E-state index in [0.29, 0.717) is 5.69 Å². The van der Waals surface area contributed by atoms with Crippen LogP contribution in [0.4, 0.5) is 17.1 Å². The summed E-state index contributed by atoms with van der Waals surface area (Å²) in [5.41, 5.74) is 3.59. The highest BCUT2D eigenvalue weighted by Gasteiger charge is 2.09. The Labute approximate surface area is 142 Å². The van der Waals surface area contributed by atoms with E-state index in [4.69, 9.17) is 0 Å². The first-order valence-electron chi connectivity index (χ1n) is 7.52. The number of nitrogens with zero attached hydrogens (tertiary/aromatic N) is 2. The molecule has 0 spiro atoms. The molecule has 2 aromatic carbocycles. The van der Waals surface area contributed by atoms with Crippen LogP contribution in [0.25, 0.3) is 0 Å². The maximum absolute atomic E-state index is 12.2. The van der Waals surface area contributed by atoms with Crippen molar-refractivity contribution in [3.63, 3.8) is 0 Å². The van der Waals surface area contributed by atoms with Crippen molar-refractivity contribution in [1.82, 2.24) is 0 Å². The predicted molar refractivity (Wildman–Crippen MR) is 97.9 cm³/mol. The highest BCUT2D eigenvalue weighted by Crippen LogP contribution is 2.17. The molecule has 0 fully saturated rings. The molecule has 0 bridgehead atoms. The summed E-state index contributed by atoms with van der Waals surface area (Å²) in [5.74, 6) is -0.447. The second-order valence-electron chi connectivity index (χ2n) is 5.58. The Kier molecular flexibility index (Phi) is 5.58. The minimum atomic E-state index is -0.447. The van der Waals surface area contributed by atoms with E-state index in [9.17, 15) is 10.1 Å². The van der Waals surface area contributed by atoms with Gasteiger partial charge in [0.1, 0.15) is 11.6 Å². The number of rotatable bonds is 5. The van der Waals surface area contributed by atoms with Crippen molar-refractivity contribution in [2.75, 3.05) is 29.6 Å². The number of nitriles is 1. The lowest BCUT2D eigenvalue weighted by Crippen LogP contribution is -2.14. The first kappa shape index (κ1) is 17.1. The molecule has 2 rings (SSSR count). The number of carbonyl (C=O) groups excluding carboxylic acids is 1. The van der Waals surface area contributed by atoms with Crippen LogP contribution in [0.5, 0.6) is 0 Å². The molecular weight excluding hydrogens is 300 g/mol. The molecule has 122 valence electrons. The van der Waals surface area contributed by atoms with Crippen molar-refractivity contribution < 1.29 is 4.79 Å². The van der Waals surface area contributed by atoms with Gasteiger partial charge in [-0.15, -0.1) is 0 Å². The van der Waals surface area contributed by atoms with Crippen LogP contribution in [0.3, 0.4) is 0 Å². The Morgan fingerprint density at radius 1 is 1.12 bits per heavy atom. The zero-order chi connectivity index (χ0) is 17.5. The molecule has 0 unspecified atom stereocenters. The largest absolute Gasteiger partial charge is 0.378 e. The normalized spacial score (nSPS) is 10.7. The highest BCUT2D eigenvalue weighted by molar-refractivity contribution is 6.06. The van der Waals surface area contributed by atoms with Gasteiger partial charge in [-0.3, -0.25) is 4.79 Å². The molecule has 0 aliphatic heterocycles. The van der Waals surface area contributed by atoms with E-state index >= 15 is 0 Å². The van der Waals surface area contributed by atoms with Crippen LogP contribution >= 0.6 is 0 Å². The van der Waals surface area contributed by atoms with Gasteiger partial charge in [-0.2, -0.15) is 5.26 Å². The molecule has 5 nitrogen and oxygen atoms in total. The second kappa shape index (κ2) is 7.84. The Bertz CT molecular complexity index is 786. The van der Waals surface area contributed by atoms with Crippen molar-refractivity contribution in [1.29, 1.82) is 5.26 Å². The number of carbonyl (C=O) groups is 1. The van der Waals surface area contributed by atoms with E-state index in [1.807, 2.05) is 68.4 Å². The second-order valence-corrected chi connectivity index (χ2v) is 5.58. The molecule has 0 radical (unpaired) electrons. The third-order valence-electron chi connectivity index (χ3n) is 3.42. The molecule has 0 heterocycles. The smallest absolute Gasteiger partial charge is 0.267 e. The van der Waals surface area contributed by atoms with Gasteiger partial charge in [-0.1, -0.05) is 23.8 Å².